The summed E-state index contributed by atoms with van der Waals surface area (Å²) >= 11 is 3.49. The molecule has 0 spiro atoms. The van der Waals surface area contributed by atoms with E-state index in [4.69, 9.17) is 14.1 Å². The number of ether oxygens (including phenoxy) is 1. The fraction of sp³-hybridized carbons (Fsp3) is 0.0333. The third kappa shape index (κ3) is 4.81. The van der Waals surface area contributed by atoms with Crippen LogP contribution in [0.15, 0.2) is 122 Å². The summed E-state index contributed by atoms with van der Waals surface area (Å²) in [5.74, 6) is 1.53. The number of fused-ring (bicyclic) bond motifs is 2. The predicted molar refractivity (Wildman–Crippen MR) is 149 cm³/mol. The van der Waals surface area contributed by atoms with E-state index < -0.39 is 0 Å². The molecule has 37 heavy (non-hydrogen) atoms. The molecule has 4 aromatic carbocycles. The lowest BCUT2D eigenvalue weighted by atomic mass is 10.2. The quantitative estimate of drug-likeness (QED) is 0.209. The minimum Gasteiger partial charge on any atom is -0.489 e. The van der Waals surface area contributed by atoms with Crippen LogP contribution in [0, 0.1) is 0 Å². The predicted octanol–water partition coefficient (Wildman–Crippen LogP) is 7.03. The number of nitrogens with zero attached hydrogens (tertiary/aromatic N) is 3. The maximum atomic E-state index is 13.4. The van der Waals surface area contributed by atoms with E-state index in [1.165, 1.54) is 4.68 Å². The van der Waals surface area contributed by atoms with E-state index >= 15 is 0 Å². The van der Waals surface area contributed by atoms with Gasteiger partial charge in [-0.3, -0.25) is 4.79 Å². The van der Waals surface area contributed by atoms with Crippen LogP contribution in [0.25, 0.3) is 33.5 Å². The van der Waals surface area contributed by atoms with E-state index in [2.05, 4.69) is 21.0 Å². The summed E-state index contributed by atoms with van der Waals surface area (Å²) in [5, 5.41) is 5.90. The molecular formula is C30H20BrN3O3. The molecule has 2 heterocycles. The van der Waals surface area contributed by atoms with Crippen molar-refractivity contribution in [2.24, 2.45) is 5.10 Å². The van der Waals surface area contributed by atoms with Gasteiger partial charge in [0.05, 0.1) is 17.1 Å². The Kier molecular flexibility index (Phi) is 6.12. The molecular weight excluding hydrogens is 530 g/mol. The number of benzene rings is 4. The standard InChI is InChI=1S/C30H20BrN3O3/c31-23-12-15-27-22(16-23)17-28(37-27)29-33-26-9-5-4-8-25(26)30(35)34(29)32-18-20-10-13-24(14-11-20)36-19-21-6-2-1-3-7-21/h1-18H,19H2. The van der Waals surface area contributed by atoms with Crippen LogP contribution in [0.5, 0.6) is 5.75 Å². The van der Waals surface area contributed by atoms with Gasteiger partial charge >= 0.3 is 0 Å². The molecule has 0 radical (unpaired) electrons. The van der Waals surface area contributed by atoms with Gasteiger partial charge in [-0.2, -0.15) is 9.78 Å². The molecule has 0 fully saturated rings. The second-order valence-electron chi connectivity index (χ2n) is 8.45. The molecule has 0 atom stereocenters. The van der Waals surface area contributed by atoms with Crippen molar-refractivity contribution in [1.29, 1.82) is 0 Å². The lowest BCUT2D eigenvalue weighted by molar-refractivity contribution is 0.306. The van der Waals surface area contributed by atoms with E-state index in [9.17, 15) is 4.79 Å². The molecule has 2 aromatic heterocycles. The van der Waals surface area contributed by atoms with Gasteiger partial charge in [-0.25, -0.2) is 4.98 Å². The van der Waals surface area contributed by atoms with Gasteiger partial charge in [-0.05, 0) is 71.8 Å². The number of aromatic nitrogens is 2. The van der Waals surface area contributed by atoms with Gasteiger partial charge in [-0.15, -0.1) is 0 Å². The van der Waals surface area contributed by atoms with Crippen molar-refractivity contribution in [2.45, 2.75) is 6.61 Å². The molecule has 180 valence electrons. The first-order valence-electron chi connectivity index (χ1n) is 11.7. The average molecular weight is 550 g/mol. The summed E-state index contributed by atoms with van der Waals surface area (Å²) in [5.41, 5.74) is 2.91. The van der Waals surface area contributed by atoms with Gasteiger partial charge < -0.3 is 9.15 Å². The van der Waals surface area contributed by atoms with Crippen LogP contribution >= 0.6 is 15.9 Å². The summed E-state index contributed by atoms with van der Waals surface area (Å²) in [6, 6.07) is 32.3. The first-order valence-corrected chi connectivity index (χ1v) is 12.5. The number of furan rings is 1. The van der Waals surface area contributed by atoms with E-state index in [-0.39, 0.29) is 5.56 Å². The Morgan fingerprint density at radius 3 is 2.54 bits per heavy atom. The normalized spacial score (nSPS) is 11.5. The van der Waals surface area contributed by atoms with E-state index in [1.807, 2.05) is 97.1 Å². The summed E-state index contributed by atoms with van der Waals surface area (Å²) in [6.07, 6.45) is 1.63. The first kappa shape index (κ1) is 22.9. The number of rotatable bonds is 6. The topological polar surface area (TPSA) is 69.6 Å². The van der Waals surface area contributed by atoms with Crippen molar-refractivity contribution in [1.82, 2.24) is 9.66 Å². The number of para-hydroxylation sites is 1. The summed E-state index contributed by atoms with van der Waals surface area (Å²) in [7, 11) is 0. The van der Waals surface area contributed by atoms with Crippen molar-refractivity contribution in [3.05, 3.63) is 129 Å². The molecule has 0 aliphatic heterocycles. The zero-order valence-corrected chi connectivity index (χ0v) is 21.1. The molecule has 0 amide bonds. The largest absolute Gasteiger partial charge is 0.489 e. The Bertz CT molecular complexity index is 1810. The Morgan fingerprint density at radius 2 is 1.70 bits per heavy atom. The van der Waals surface area contributed by atoms with Crippen molar-refractivity contribution in [3.8, 4) is 17.3 Å². The lowest BCUT2D eigenvalue weighted by Crippen LogP contribution is -2.20. The van der Waals surface area contributed by atoms with E-state index in [0.717, 1.165) is 26.7 Å². The molecule has 6 aromatic rings. The molecule has 0 saturated heterocycles. The smallest absolute Gasteiger partial charge is 0.282 e. The number of halogens is 1. The fourth-order valence-corrected chi connectivity index (χ4v) is 4.41. The molecule has 7 heteroatoms. The highest BCUT2D eigenvalue weighted by molar-refractivity contribution is 9.10. The van der Waals surface area contributed by atoms with Crippen LogP contribution < -0.4 is 10.3 Å². The fourth-order valence-electron chi connectivity index (χ4n) is 4.03. The molecule has 0 aliphatic carbocycles. The monoisotopic (exact) mass is 549 g/mol. The van der Waals surface area contributed by atoms with Gasteiger partial charge in [0.1, 0.15) is 17.9 Å². The molecule has 0 N–H and O–H groups in total. The van der Waals surface area contributed by atoms with Gasteiger partial charge in [0.15, 0.2) is 5.76 Å². The third-order valence-electron chi connectivity index (χ3n) is 5.90. The maximum absolute atomic E-state index is 13.4. The Morgan fingerprint density at radius 1 is 0.919 bits per heavy atom. The van der Waals surface area contributed by atoms with Crippen LogP contribution in [0.3, 0.4) is 0 Å². The highest BCUT2D eigenvalue weighted by atomic mass is 79.9. The number of hydrogen-bond donors (Lipinski definition) is 0. The minimum atomic E-state index is -0.277. The molecule has 0 unspecified atom stereocenters. The Balaban J connectivity index is 1.34. The highest BCUT2D eigenvalue weighted by Gasteiger charge is 2.16. The van der Waals surface area contributed by atoms with Crippen molar-refractivity contribution >= 4 is 44.0 Å². The van der Waals surface area contributed by atoms with Crippen molar-refractivity contribution < 1.29 is 9.15 Å². The molecule has 0 saturated carbocycles. The summed E-state index contributed by atoms with van der Waals surface area (Å²) in [6.45, 7) is 0.490. The molecule has 6 rings (SSSR count). The van der Waals surface area contributed by atoms with E-state index in [0.29, 0.717) is 34.7 Å². The number of hydrogen-bond acceptors (Lipinski definition) is 5. The second kappa shape index (κ2) is 9.87. The van der Waals surface area contributed by atoms with Gasteiger partial charge in [-0.1, -0.05) is 58.4 Å². The lowest BCUT2D eigenvalue weighted by Gasteiger charge is -2.08. The third-order valence-corrected chi connectivity index (χ3v) is 6.40. The highest BCUT2D eigenvalue weighted by Crippen LogP contribution is 2.29. The van der Waals surface area contributed by atoms with Crippen LogP contribution in [0.4, 0.5) is 0 Å². The Labute approximate surface area is 220 Å². The van der Waals surface area contributed by atoms with Crippen molar-refractivity contribution in [2.75, 3.05) is 0 Å². The zero-order chi connectivity index (χ0) is 25.2. The minimum absolute atomic E-state index is 0.277. The maximum Gasteiger partial charge on any atom is 0.282 e. The Hall–Kier alpha value is -4.49. The zero-order valence-electron chi connectivity index (χ0n) is 19.5. The molecule has 6 nitrogen and oxygen atoms in total. The molecule has 0 aliphatic rings. The summed E-state index contributed by atoms with van der Waals surface area (Å²) < 4.78 is 14.1. The second-order valence-corrected chi connectivity index (χ2v) is 9.37. The van der Waals surface area contributed by atoms with E-state index in [1.54, 1.807) is 12.3 Å². The van der Waals surface area contributed by atoms with Crippen LogP contribution in [0.2, 0.25) is 0 Å². The SMILES string of the molecule is O=c1c2ccccc2nc(-c2cc3cc(Br)ccc3o2)n1N=Cc1ccc(OCc2ccccc2)cc1. The molecule has 0 bridgehead atoms. The van der Waals surface area contributed by atoms with Gasteiger partial charge in [0.25, 0.3) is 5.56 Å². The van der Waals surface area contributed by atoms with Crippen LogP contribution in [-0.4, -0.2) is 15.9 Å². The van der Waals surface area contributed by atoms with Crippen molar-refractivity contribution in [3.63, 3.8) is 0 Å². The van der Waals surface area contributed by atoms with Crippen LogP contribution in [0.1, 0.15) is 11.1 Å². The summed E-state index contributed by atoms with van der Waals surface area (Å²) in [4.78, 5) is 18.2. The average Bonchev–Trinajstić information content (AvgIpc) is 3.35. The van der Waals surface area contributed by atoms with Crippen LogP contribution in [-0.2, 0) is 6.61 Å². The van der Waals surface area contributed by atoms with Gasteiger partial charge in [0, 0.05) is 9.86 Å². The van der Waals surface area contributed by atoms with Gasteiger partial charge in [0.2, 0.25) is 5.82 Å². The first-order chi connectivity index (χ1) is 18.1.